The zero-order valence-electron chi connectivity index (χ0n) is 5.89. The number of hydrogen-bond donors (Lipinski definition) is 0. The van der Waals surface area contributed by atoms with Crippen molar-refractivity contribution in [1.82, 2.24) is 0 Å². The largest absolute Gasteiger partial charge is 0.465 e. The highest BCUT2D eigenvalue weighted by Gasteiger charge is 2.17. The number of esters is 1. The van der Waals surface area contributed by atoms with E-state index in [1.165, 1.54) is 7.11 Å². The molecule has 0 atom stereocenters. The molecular formula is C7H9NO2. The maximum atomic E-state index is 10.8. The van der Waals surface area contributed by atoms with Crippen molar-refractivity contribution in [2.45, 2.75) is 6.42 Å². The van der Waals surface area contributed by atoms with Crippen LogP contribution in [-0.4, -0.2) is 25.3 Å². The molecule has 0 radical (unpaired) electrons. The van der Waals surface area contributed by atoms with Crippen LogP contribution in [0.5, 0.6) is 0 Å². The van der Waals surface area contributed by atoms with Crippen molar-refractivity contribution in [3.63, 3.8) is 0 Å². The standard InChI is InChI=1S/C7H9NO2/c1-5-3-6(8-4-5)7(9)10-2/h1,3-4H2,2H3. The van der Waals surface area contributed by atoms with Crippen LogP contribution in [0.2, 0.25) is 0 Å². The van der Waals surface area contributed by atoms with Gasteiger partial charge in [-0.1, -0.05) is 6.58 Å². The lowest BCUT2D eigenvalue weighted by Crippen LogP contribution is -2.12. The summed E-state index contributed by atoms with van der Waals surface area (Å²) in [6.07, 6.45) is 0.576. The highest BCUT2D eigenvalue weighted by molar-refractivity contribution is 6.37. The van der Waals surface area contributed by atoms with Crippen molar-refractivity contribution < 1.29 is 9.53 Å². The minimum absolute atomic E-state index is 0.335. The van der Waals surface area contributed by atoms with Gasteiger partial charge in [-0.15, -0.1) is 0 Å². The quantitative estimate of drug-likeness (QED) is 0.393. The van der Waals surface area contributed by atoms with E-state index in [0.29, 0.717) is 18.7 Å². The molecule has 0 unspecified atom stereocenters. The first-order chi connectivity index (χ1) is 4.74. The fourth-order valence-electron chi connectivity index (χ4n) is 0.810. The van der Waals surface area contributed by atoms with Crippen molar-refractivity contribution in [3.05, 3.63) is 12.2 Å². The molecule has 0 saturated heterocycles. The maximum absolute atomic E-state index is 10.8. The number of ether oxygens (including phenoxy) is 1. The normalized spacial score (nSPS) is 16.9. The van der Waals surface area contributed by atoms with E-state index >= 15 is 0 Å². The lowest BCUT2D eigenvalue weighted by Gasteiger charge is -1.94. The lowest BCUT2D eigenvalue weighted by molar-refractivity contribution is -0.132. The van der Waals surface area contributed by atoms with Gasteiger partial charge >= 0.3 is 5.97 Å². The van der Waals surface area contributed by atoms with Gasteiger partial charge < -0.3 is 4.74 Å². The molecular weight excluding hydrogens is 130 g/mol. The summed E-state index contributed by atoms with van der Waals surface area (Å²) in [5, 5.41) is 0. The van der Waals surface area contributed by atoms with E-state index in [2.05, 4.69) is 16.3 Å². The van der Waals surface area contributed by atoms with Gasteiger partial charge in [0.05, 0.1) is 13.7 Å². The number of hydrogen-bond acceptors (Lipinski definition) is 3. The van der Waals surface area contributed by atoms with Crippen molar-refractivity contribution >= 4 is 11.7 Å². The summed E-state index contributed by atoms with van der Waals surface area (Å²) in [6, 6.07) is 0. The van der Waals surface area contributed by atoms with Crippen LogP contribution >= 0.6 is 0 Å². The van der Waals surface area contributed by atoms with Gasteiger partial charge in [-0.05, 0) is 5.57 Å². The molecule has 0 aromatic heterocycles. The summed E-state index contributed by atoms with van der Waals surface area (Å²) in [5.74, 6) is -0.335. The molecule has 0 N–H and O–H groups in total. The summed E-state index contributed by atoms with van der Waals surface area (Å²) in [7, 11) is 1.35. The summed E-state index contributed by atoms with van der Waals surface area (Å²) < 4.78 is 4.47. The van der Waals surface area contributed by atoms with Crippen molar-refractivity contribution in [3.8, 4) is 0 Å². The van der Waals surface area contributed by atoms with Gasteiger partial charge in [0.2, 0.25) is 0 Å². The SMILES string of the molecule is C=C1CN=C(C(=O)OC)C1. The molecule has 0 aromatic rings. The fraction of sp³-hybridized carbons (Fsp3) is 0.429. The first-order valence-corrected chi connectivity index (χ1v) is 3.02. The predicted octanol–water partition coefficient (Wildman–Crippen LogP) is 0.560. The molecule has 0 amide bonds. The molecule has 0 spiro atoms. The molecule has 1 heterocycles. The number of methoxy groups -OCH3 is 1. The number of rotatable bonds is 1. The minimum Gasteiger partial charge on any atom is -0.465 e. The van der Waals surface area contributed by atoms with Gasteiger partial charge in [0.15, 0.2) is 0 Å². The van der Waals surface area contributed by atoms with Crippen molar-refractivity contribution in [1.29, 1.82) is 0 Å². The van der Waals surface area contributed by atoms with Gasteiger partial charge in [-0.25, -0.2) is 4.79 Å². The van der Waals surface area contributed by atoms with Crippen LogP contribution in [0.15, 0.2) is 17.1 Å². The molecule has 1 aliphatic heterocycles. The van der Waals surface area contributed by atoms with Crippen LogP contribution in [0.3, 0.4) is 0 Å². The average molecular weight is 139 g/mol. The highest BCUT2D eigenvalue weighted by Crippen LogP contribution is 2.09. The molecule has 0 aliphatic carbocycles. The van der Waals surface area contributed by atoms with Gasteiger partial charge in [-0.2, -0.15) is 0 Å². The smallest absolute Gasteiger partial charge is 0.352 e. The van der Waals surface area contributed by atoms with Crippen LogP contribution in [0.4, 0.5) is 0 Å². The van der Waals surface area contributed by atoms with Crippen molar-refractivity contribution in [2.75, 3.05) is 13.7 Å². The Morgan fingerprint density at radius 2 is 2.50 bits per heavy atom. The van der Waals surface area contributed by atoms with Gasteiger partial charge in [0.1, 0.15) is 5.71 Å². The summed E-state index contributed by atoms with van der Waals surface area (Å²) in [4.78, 5) is 14.7. The molecule has 0 saturated carbocycles. The molecule has 1 rings (SSSR count). The number of carbonyl (C=O) groups is 1. The Hall–Kier alpha value is -1.12. The molecule has 3 nitrogen and oxygen atoms in total. The fourth-order valence-corrected chi connectivity index (χ4v) is 0.810. The number of carbonyl (C=O) groups excluding carboxylic acids is 1. The van der Waals surface area contributed by atoms with Crippen molar-refractivity contribution in [2.24, 2.45) is 4.99 Å². The van der Waals surface area contributed by atoms with E-state index in [4.69, 9.17) is 0 Å². The Balaban J connectivity index is 2.59. The topological polar surface area (TPSA) is 38.7 Å². The third kappa shape index (κ3) is 1.23. The van der Waals surface area contributed by atoms with Gasteiger partial charge in [0, 0.05) is 6.42 Å². The minimum atomic E-state index is -0.335. The molecule has 0 fully saturated rings. The maximum Gasteiger partial charge on any atom is 0.352 e. The number of nitrogens with zero attached hydrogens (tertiary/aromatic N) is 1. The highest BCUT2D eigenvalue weighted by atomic mass is 16.5. The van der Waals surface area contributed by atoms with Crippen LogP contribution < -0.4 is 0 Å². The van der Waals surface area contributed by atoms with Crippen LogP contribution in [0, 0.1) is 0 Å². The molecule has 54 valence electrons. The van der Waals surface area contributed by atoms with Crippen LogP contribution in [0.25, 0.3) is 0 Å². The zero-order chi connectivity index (χ0) is 7.56. The second kappa shape index (κ2) is 2.64. The lowest BCUT2D eigenvalue weighted by atomic mass is 10.2. The zero-order valence-corrected chi connectivity index (χ0v) is 5.89. The summed E-state index contributed by atoms with van der Waals surface area (Å²) >= 11 is 0. The average Bonchev–Trinajstić information content (AvgIpc) is 2.34. The van der Waals surface area contributed by atoms with E-state index in [1.807, 2.05) is 0 Å². The first kappa shape index (κ1) is 6.99. The summed E-state index contributed by atoms with van der Waals surface area (Å²) in [6.45, 7) is 4.27. The van der Waals surface area contributed by atoms with E-state index < -0.39 is 0 Å². The Bertz CT molecular complexity index is 206. The second-order valence-corrected chi connectivity index (χ2v) is 2.18. The van der Waals surface area contributed by atoms with Crippen LogP contribution in [-0.2, 0) is 9.53 Å². The van der Waals surface area contributed by atoms with E-state index in [9.17, 15) is 4.79 Å². The molecule has 1 aliphatic rings. The van der Waals surface area contributed by atoms with Gasteiger partial charge in [-0.3, -0.25) is 4.99 Å². The van der Waals surface area contributed by atoms with Crippen LogP contribution in [0.1, 0.15) is 6.42 Å². The second-order valence-electron chi connectivity index (χ2n) is 2.18. The summed E-state index contributed by atoms with van der Waals surface area (Å²) in [5.41, 5.74) is 1.47. The van der Waals surface area contributed by atoms with E-state index in [0.717, 1.165) is 5.57 Å². The molecule has 10 heavy (non-hydrogen) atoms. The first-order valence-electron chi connectivity index (χ1n) is 3.02. The predicted molar refractivity (Wildman–Crippen MR) is 38.1 cm³/mol. The Morgan fingerprint density at radius 1 is 1.80 bits per heavy atom. The third-order valence-electron chi connectivity index (χ3n) is 1.33. The molecule has 0 bridgehead atoms. The van der Waals surface area contributed by atoms with Gasteiger partial charge in [0.25, 0.3) is 0 Å². The number of aliphatic imine (C=N–C) groups is 1. The third-order valence-corrected chi connectivity index (χ3v) is 1.33. The monoisotopic (exact) mass is 139 g/mol. The Morgan fingerprint density at radius 3 is 2.90 bits per heavy atom. The Labute approximate surface area is 59.4 Å². The Kier molecular flexibility index (Phi) is 1.85. The van der Waals surface area contributed by atoms with E-state index in [1.54, 1.807) is 0 Å². The van der Waals surface area contributed by atoms with E-state index in [-0.39, 0.29) is 5.97 Å². The molecule has 3 heteroatoms. The molecule has 0 aromatic carbocycles.